The number of benzene rings is 2. The predicted molar refractivity (Wildman–Crippen MR) is 102 cm³/mol. The minimum absolute atomic E-state index is 0.0548. The Labute approximate surface area is 153 Å². The molecule has 0 atom stereocenters. The van der Waals surface area contributed by atoms with Crippen LogP contribution in [0.2, 0.25) is 5.02 Å². The number of nitrogens with zero attached hydrogens (tertiary/aromatic N) is 2. The van der Waals surface area contributed by atoms with Gasteiger partial charge in [-0.1, -0.05) is 29.8 Å². The van der Waals surface area contributed by atoms with Gasteiger partial charge in [-0.15, -0.1) is 0 Å². The maximum atomic E-state index is 13.9. The lowest BCUT2D eigenvalue weighted by Gasteiger charge is -2.12. The molecule has 5 nitrogen and oxygen atoms in total. The van der Waals surface area contributed by atoms with E-state index >= 15 is 0 Å². The highest BCUT2D eigenvalue weighted by molar-refractivity contribution is 6.30. The summed E-state index contributed by atoms with van der Waals surface area (Å²) in [5, 5.41) is 15.0. The van der Waals surface area contributed by atoms with Gasteiger partial charge in [-0.2, -0.15) is 5.10 Å². The first-order valence-electron chi connectivity index (χ1n) is 7.67. The van der Waals surface area contributed by atoms with E-state index < -0.39 is 5.82 Å². The third kappa shape index (κ3) is 3.87. The molecule has 0 fully saturated rings. The van der Waals surface area contributed by atoms with Gasteiger partial charge in [0.15, 0.2) is 5.69 Å². The molecule has 0 amide bonds. The van der Waals surface area contributed by atoms with Crippen LogP contribution in [-0.4, -0.2) is 16.0 Å². The molecule has 130 valence electrons. The van der Waals surface area contributed by atoms with Crippen LogP contribution in [0, 0.1) is 11.2 Å². The second-order valence-corrected chi connectivity index (χ2v) is 5.74. The number of nitrogens with one attached hydrogen (secondary N) is 2. The molecule has 0 aliphatic rings. The van der Waals surface area contributed by atoms with Crippen molar-refractivity contribution in [3.05, 3.63) is 93.6 Å². The molecule has 3 rings (SSSR count). The van der Waals surface area contributed by atoms with Crippen molar-refractivity contribution in [1.29, 1.82) is 5.41 Å². The lowest BCUT2D eigenvalue weighted by Crippen LogP contribution is -2.18. The summed E-state index contributed by atoms with van der Waals surface area (Å²) in [5.74, 6) is -0.477. The van der Waals surface area contributed by atoms with Crippen LogP contribution in [0.15, 0.2) is 71.7 Å². The Balaban J connectivity index is 2.06. The Morgan fingerprint density at radius 1 is 1.19 bits per heavy atom. The van der Waals surface area contributed by atoms with Gasteiger partial charge >= 0.3 is 0 Å². The van der Waals surface area contributed by atoms with E-state index in [9.17, 15) is 9.18 Å². The van der Waals surface area contributed by atoms with Crippen LogP contribution in [0.4, 0.5) is 10.1 Å². The minimum Gasteiger partial charge on any atom is -0.351 e. The highest BCUT2D eigenvalue weighted by Gasteiger charge is 2.12. The molecule has 0 saturated carbocycles. The van der Waals surface area contributed by atoms with Gasteiger partial charge < -0.3 is 10.7 Å². The summed E-state index contributed by atoms with van der Waals surface area (Å²) in [7, 11) is 0. The second-order valence-electron chi connectivity index (χ2n) is 5.30. The normalized spacial score (nSPS) is 11.2. The SMILES string of the molecule is N=C/C=C(\Nc1ccccc1F)c1nn(-c2cccc(Cl)c2)ccc1=O. The summed E-state index contributed by atoms with van der Waals surface area (Å²) >= 11 is 6.00. The van der Waals surface area contributed by atoms with Gasteiger partial charge in [0.1, 0.15) is 5.82 Å². The van der Waals surface area contributed by atoms with Crippen LogP contribution in [-0.2, 0) is 0 Å². The lowest BCUT2D eigenvalue weighted by molar-refractivity contribution is 0.632. The quantitative estimate of drug-likeness (QED) is 0.665. The summed E-state index contributed by atoms with van der Waals surface area (Å²) in [6, 6.07) is 14.4. The number of rotatable bonds is 5. The third-order valence-electron chi connectivity index (χ3n) is 3.53. The van der Waals surface area contributed by atoms with Crippen LogP contribution in [0.5, 0.6) is 0 Å². The van der Waals surface area contributed by atoms with E-state index in [2.05, 4.69) is 10.4 Å². The van der Waals surface area contributed by atoms with E-state index in [1.54, 1.807) is 36.4 Å². The largest absolute Gasteiger partial charge is 0.351 e. The van der Waals surface area contributed by atoms with E-state index in [4.69, 9.17) is 17.0 Å². The Bertz CT molecular complexity index is 1050. The van der Waals surface area contributed by atoms with Gasteiger partial charge in [0.05, 0.1) is 17.1 Å². The number of hydrogen-bond acceptors (Lipinski definition) is 4. The molecule has 0 unspecified atom stereocenters. The summed E-state index contributed by atoms with van der Waals surface area (Å²) in [4.78, 5) is 12.3. The molecule has 0 aliphatic heterocycles. The Morgan fingerprint density at radius 3 is 2.73 bits per heavy atom. The zero-order valence-corrected chi connectivity index (χ0v) is 14.2. The van der Waals surface area contributed by atoms with Gasteiger partial charge in [0.2, 0.25) is 5.43 Å². The molecule has 0 radical (unpaired) electrons. The lowest BCUT2D eigenvalue weighted by atomic mass is 10.2. The third-order valence-corrected chi connectivity index (χ3v) is 3.76. The topological polar surface area (TPSA) is 70.8 Å². The molecular formula is C19H14ClFN4O. The van der Waals surface area contributed by atoms with E-state index in [0.717, 1.165) is 6.21 Å². The van der Waals surface area contributed by atoms with E-state index in [1.807, 2.05) is 0 Å². The number of para-hydroxylation sites is 1. The van der Waals surface area contributed by atoms with E-state index in [0.29, 0.717) is 10.7 Å². The molecule has 0 aliphatic carbocycles. The first kappa shape index (κ1) is 17.6. The van der Waals surface area contributed by atoms with E-state index in [1.165, 1.54) is 35.2 Å². The monoisotopic (exact) mass is 368 g/mol. The molecule has 0 bridgehead atoms. The van der Waals surface area contributed by atoms with Crippen molar-refractivity contribution in [2.45, 2.75) is 0 Å². The predicted octanol–water partition coefficient (Wildman–Crippen LogP) is 4.13. The highest BCUT2D eigenvalue weighted by Crippen LogP contribution is 2.19. The van der Waals surface area contributed by atoms with Crippen molar-refractivity contribution in [3.63, 3.8) is 0 Å². The zero-order chi connectivity index (χ0) is 18.5. The Hall–Kier alpha value is -3.25. The highest BCUT2D eigenvalue weighted by atomic mass is 35.5. The van der Waals surface area contributed by atoms with Crippen molar-refractivity contribution in [3.8, 4) is 5.69 Å². The molecule has 2 aromatic carbocycles. The summed E-state index contributed by atoms with van der Waals surface area (Å²) in [5.41, 5.74) is 0.754. The average Bonchev–Trinajstić information content (AvgIpc) is 2.63. The van der Waals surface area contributed by atoms with Crippen LogP contribution in [0.1, 0.15) is 5.69 Å². The maximum Gasteiger partial charge on any atom is 0.209 e. The molecule has 0 saturated heterocycles. The minimum atomic E-state index is -0.477. The number of anilines is 1. The van der Waals surface area contributed by atoms with Gasteiger partial charge in [-0.05, 0) is 36.4 Å². The fourth-order valence-corrected chi connectivity index (χ4v) is 2.51. The van der Waals surface area contributed by atoms with Crippen molar-refractivity contribution in [2.75, 3.05) is 5.32 Å². The molecule has 7 heteroatoms. The summed E-state index contributed by atoms with van der Waals surface area (Å²) in [6.45, 7) is 0. The van der Waals surface area contributed by atoms with Crippen molar-refractivity contribution < 1.29 is 4.39 Å². The second kappa shape index (κ2) is 7.76. The van der Waals surface area contributed by atoms with Crippen molar-refractivity contribution in [1.82, 2.24) is 9.78 Å². The fraction of sp³-hybridized carbons (Fsp3) is 0. The standard InChI is InChI=1S/C19H14ClFN4O/c20-13-4-3-5-14(12-13)25-11-9-18(26)19(24-25)17(8-10-22)23-16-7-2-1-6-15(16)21/h1-12,22-23H/b17-8-,22-10?. The summed E-state index contributed by atoms with van der Waals surface area (Å²) < 4.78 is 15.4. The first-order chi connectivity index (χ1) is 12.6. The van der Waals surface area contributed by atoms with Crippen LogP contribution < -0.4 is 10.7 Å². The Morgan fingerprint density at radius 2 is 2.00 bits per heavy atom. The zero-order valence-electron chi connectivity index (χ0n) is 13.5. The van der Waals surface area contributed by atoms with Crippen molar-refractivity contribution in [2.24, 2.45) is 0 Å². The number of allylic oxidation sites excluding steroid dienone is 1. The van der Waals surface area contributed by atoms with Gasteiger partial charge in [-0.3, -0.25) is 4.79 Å². The molecule has 0 spiro atoms. The molecule has 2 N–H and O–H groups in total. The van der Waals surface area contributed by atoms with Gasteiger partial charge in [0, 0.05) is 23.5 Å². The van der Waals surface area contributed by atoms with Crippen molar-refractivity contribution >= 4 is 29.2 Å². The van der Waals surface area contributed by atoms with Crippen LogP contribution >= 0.6 is 11.6 Å². The smallest absolute Gasteiger partial charge is 0.209 e. The number of halogens is 2. The van der Waals surface area contributed by atoms with Crippen LogP contribution in [0.25, 0.3) is 11.4 Å². The van der Waals surface area contributed by atoms with Crippen LogP contribution in [0.3, 0.4) is 0 Å². The Kier molecular flexibility index (Phi) is 5.24. The molecule has 1 aromatic heterocycles. The fourth-order valence-electron chi connectivity index (χ4n) is 2.33. The number of aromatic nitrogens is 2. The molecule has 3 aromatic rings. The maximum absolute atomic E-state index is 13.9. The van der Waals surface area contributed by atoms with E-state index in [-0.39, 0.29) is 22.5 Å². The number of hydrogen-bond donors (Lipinski definition) is 2. The molecule has 26 heavy (non-hydrogen) atoms. The molecular weight excluding hydrogens is 355 g/mol. The van der Waals surface area contributed by atoms with Gasteiger partial charge in [-0.25, -0.2) is 9.07 Å². The van der Waals surface area contributed by atoms with Gasteiger partial charge in [0.25, 0.3) is 0 Å². The molecule has 1 heterocycles. The first-order valence-corrected chi connectivity index (χ1v) is 8.05. The average molecular weight is 369 g/mol. The summed E-state index contributed by atoms with van der Waals surface area (Å²) in [6.07, 6.45) is 3.86.